The topological polar surface area (TPSA) is 57.6 Å². The summed E-state index contributed by atoms with van der Waals surface area (Å²) in [5, 5.41) is 9.04. The van der Waals surface area contributed by atoms with Gasteiger partial charge < -0.3 is 10.0 Å². The monoisotopic (exact) mass is 251 g/mol. The first kappa shape index (κ1) is 12.0. The van der Waals surface area contributed by atoms with Gasteiger partial charge in [0.15, 0.2) is 0 Å². The number of aliphatic carboxylic acids is 1. The van der Waals surface area contributed by atoms with Crippen LogP contribution in [0.3, 0.4) is 0 Å². The molecule has 1 aromatic carbocycles. The molecule has 0 saturated carbocycles. The fourth-order valence-corrected chi connectivity index (χ4v) is 3.17. The molecule has 17 heavy (non-hydrogen) atoms. The maximum Gasteiger partial charge on any atom is 0.394 e. The fraction of sp³-hybridized carbons (Fsp3) is 0.333. The normalized spacial score (nSPS) is 18.7. The highest BCUT2D eigenvalue weighted by molar-refractivity contribution is 8.00. The van der Waals surface area contributed by atoms with Gasteiger partial charge in [-0.25, -0.2) is 4.79 Å². The van der Waals surface area contributed by atoms with Crippen LogP contribution in [0.4, 0.5) is 5.69 Å². The average Bonchev–Trinajstić information content (AvgIpc) is 2.26. The molecule has 0 fully saturated rings. The van der Waals surface area contributed by atoms with Gasteiger partial charge in [0.1, 0.15) is 0 Å². The molecular weight excluding hydrogens is 238 g/mol. The molecule has 2 rings (SSSR count). The number of thioether (sulfide) groups is 1. The van der Waals surface area contributed by atoms with E-state index >= 15 is 0 Å². The number of carbonyl (C=O) groups is 2. The number of carboxylic acids is 1. The number of para-hydroxylation sites is 1. The number of amides is 1. The van der Waals surface area contributed by atoms with E-state index in [0.717, 1.165) is 16.1 Å². The standard InChI is InChI=1S/C12H13NO3S/c1-7-4-3-5-9-10(7)13(6-8(2)17-9)11(14)12(15)16/h3-5,8H,6H2,1-2H3,(H,15,16). The number of carboxylic acid groups (broad SMARTS) is 1. The van der Waals surface area contributed by atoms with E-state index in [1.54, 1.807) is 11.8 Å². The lowest BCUT2D eigenvalue weighted by molar-refractivity contribution is -0.148. The Morgan fingerprint density at radius 1 is 1.47 bits per heavy atom. The van der Waals surface area contributed by atoms with Gasteiger partial charge in [0.2, 0.25) is 0 Å². The second-order valence-electron chi connectivity index (χ2n) is 4.07. The highest BCUT2D eigenvalue weighted by atomic mass is 32.2. The summed E-state index contributed by atoms with van der Waals surface area (Å²) < 4.78 is 0. The van der Waals surface area contributed by atoms with E-state index in [1.165, 1.54) is 4.90 Å². The van der Waals surface area contributed by atoms with E-state index in [9.17, 15) is 9.59 Å². The number of aryl methyl sites for hydroxylation is 1. The van der Waals surface area contributed by atoms with Gasteiger partial charge in [0.25, 0.3) is 0 Å². The molecular formula is C12H13NO3S. The molecule has 1 atom stereocenters. The number of fused-ring (bicyclic) bond motifs is 1. The molecule has 1 heterocycles. The van der Waals surface area contributed by atoms with Crippen molar-refractivity contribution >= 4 is 29.3 Å². The minimum absolute atomic E-state index is 0.201. The van der Waals surface area contributed by atoms with Crippen LogP contribution >= 0.6 is 11.8 Å². The molecule has 0 saturated heterocycles. The van der Waals surface area contributed by atoms with Gasteiger partial charge in [-0.3, -0.25) is 4.79 Å². The van der Waals surface area contributed by atoms with E-state index in [4.69, 9.17) is 5.11 Å². The Hall–Kier alpha value is -1.49. The zero-order valence-electron chi connectivity index (χ0n) is 9.64. The first-order chi connectivity index (χ1) is 8.00. The van der Waals surface area contributed by atoms with Gasteiger partial charge in [-0.05, 0) is 18.6 Å². The summed E-state index contributed by atoms with van der Waals surface area (Å²) in [5.74, 6) is -2.26. The number of benzene rings is 1. The molecule has 1 aliphatic heterocycles. The van der Waals surface area contributed by atoms with Crippen molar-refractivity contribution in [1.82, 2.24) is 0 Å². The van der Waals surface area contributed by atoms with E-state index in [1.807, 2.05) is 32.0 Å². The summed E-state index contributed by atoms with van der Waals surface area (Å²) in [7, 11) is 0. The lowest BCUT2D eigenvalue weighted by Crippen LogP contribution is -2.42. The molecule has 1 N–H and O–H groups in total. The van der Waals surface area contributed by atoms with Crippen molar-refractivity contribution in [3.8, 4) is 0 Å². The third-order valence-corrected chi connectivity index (χ3v) is 3.80. The molecule has 1 unspecified atom stereocenters. The Kier molecular flexibility index (Phi) is 3.11. The van der Waals surface area contributed by atoms with Gasteiger partial charge in [-0.15, -0.1) is 11.8 Å². The first-order valence-electron chi connectivity index (χ1n) is 5.31. The van der Waals surface area contributed by atoms with Crippen molar-refractivity contribution in [2.24, 2.45) is 0 Å². The molecule has 0 radical (unpaired) electrons. The van der Waals surface area contributed by atoms with E-state index in [2.05, 4.69) is 0 Å². The predicted molar refractivity (Wildman–Crippen MR) is 66.5 cm³/mol. The van der Waals surface area contributed by atoms with Gasteiger partial charge >= 0.3 is 11.9 Å². The highest BCUT2D eigenvalue weighted by Crippen LogP contribution is 2.40. The molecule has 0 aliphatic carbocycles. The van der Waals surface area contributed by atoms with E-state index < -0.39 is 11.9 Å². The van der Waals surface area contributed by atoms with Gasteiger partial charge in [-0.2, -0.15) is 0 Å². The lowest BCUT2D eigenvalue weighted by Gasteiger charge is -2.32. The SMILES string of the molecule is Cc1cccc2c1N(C(=O)C(=O)O)CC(C)S2. The summed E-state index contributed by atoms with van der Waals surface area (Å²) in [6.45, 7) is 4.31. The molecule has 4 nitrogen and oxygen atoms in total. The van der Waals surface area contributed by atoms with Crippen molar-refractivity contribution in [2.75, 3.05) is 11.4 Å². The van der Waals surface area contributed by atoms with Crippen LogP contribution < -0.4 is 4.90 Å². The zero-order valence-corrected chi connectivity index (χ0v) is 10.5. The summed E-state index contributed by atoms with van der Waals surface area (Å²) in [6, 6.07) is 5.73. The quantitative estimate of drug-likeness (QED) is 0.716. The third-order valence-electron chi connectivity index (χ3n) is 2.67. The summed E-state index contributed by atoms with van der Waals surface area (Å²) in [5.41, 5.74) is 1.67. The fourth-order valence-electron chi connectivity index (χ4n) is 1.98. The Morgan fingerprint density at radius 3 is 2.82 bits per heavy atom. The van der Waals surface area contributed by atoms with Crippen molar-refractivity contribution in [3.63, 3.8) is 0 Å². The van der Waals surface area contributed by atoms with Crippen LogP contribution in [-0.4, -0.2) is 28.8 Å². The molecule has 0 aromatic heterocycles. The maximum atomic E-state index is 11.7. The summed E-state index contributed by atoms with van der Waals surface area (Å²) >= 11 is 1.67. The van der Waals surface area contributed by atoms with Crippen LogP contribution in [0.1, 0.15) is 12.5 Å². The largest absolute Gasteiger partial charge is 0.474 e. The minimum Gasteiger partial charge on any atom is -0.474 e. The van der Waals surface area contributed by atoms with Gasteiger partial charge in [0.05, 0.1) is 5.69 Å². The lowest BCUT2D eigenvalue weighted by atomic mass is 10.1. The smallest absolute Gasteiger partial charge is 0.394 e. The average molecular weight is 251 g/mol. The van der Waals surface area contributed by atoms with Crippen molar-refractivity contribution in [1.29, 1.82) is 0 Å². The summed E-state index contributed by atoms with van der Waals surface area (Å²) in [4.78, 5) is 24.8. The Labute approximate surface area is 104 Å². The van der Waals surface area contributed by atoms with Crippen LogP contribution in [0, 0.1) is 6.92 Å². The zero-order chi connectivity index (χ0) is 12.6. The highest BCUT2D eigenvalue weighted by Gasteiger charge is 2.31. The maximum absolute atomic E-state index is 11.7. The molecule has 5 heteroatoms. The van der Waals surface area contributed by atoms with Crippen LogP contribution in [0.25, 0.3) is 0 Å². The summed E-state index contributed by atoms with van der Waals surface area (Å²) in [6.07, 6.45) is 0. The van der Waals surface area contributed by atoms with Gasteiger partial charge in [0, 0.05) is 16.7 Å². The van der Waals surface area contributed by atoms with Crippen LogP contribution in [0.5, 0.6) is 0 Å². The van der Waals surface area contributed by atoms with Crippen LogP contribution in [0.15, 0.2) is 23.1 Å². The van der Waals surface area contributed by atoms with Crippen molar-refractivity contribution in [3.05, 3.63) is 23.8 Å². The second-order valence-corrected chi connectivity index (χ2v) is 5.55. The number of hydrogen-bond donors (Lipinski definition) is 1. The number of hydrogen-bond acceptors (Lipinski definition) is 3. The van der Waals surface area contributed by atoms with E-state index in [-0.39, 0.29) is 5.25 Å². The Morgan fingerprint density at radius 2 is 2.18 bits per heavy atom. The number of rotatable bonds is 0. The van der Waals surface area contributed by atoms with Crippen molar-refractivity contribution < 1.29 is 14.7 Å². The molecule has 1 amide bonds. The number of anilines is 1. The second kappa shape index (κ2) is 4.41. The van der Waals surface area contributed by atoms with Crippen LogP contribution in [-0.2, 0) is 9.59 Å². The molecule has 90 valence electrons. The predicted octanol–water partition coefficient (Wildman–Crippen LogP) is 1.91. The first-order valence-corrected chi connectivity index (χ1v) is 6.19. The molecule has 1 aromatic rings. The van der Waals surface area contributed by atoms with Crippen molar-refractivity contribution in [2.45, 2.75) is 24.0 Å². The van der Waals surface area contributed by atoms with Crippen LogP contribution in [0.2, 0.25) is 0 Å². The number of nitrogens with zero attached hydrogens (tertiary/aromatic N) is 1. The Bertz CT molecular complexity index is 487. The molecule has 0 spiro atoms. The van der Waals surface area contributed by atoms with Gasteiger partial charge in [-0.1, -0.05) is 19.1 Å². The third kappa shape index (κ3) is 2.15. The minimum atomic E-state index is -1.40. The molecule has 1 aliphatic rings. The number of carbonyl (C=O) groups excluding carboxylic acids is 1. The van der Waals surface area contributed by atoms with E-state index in [0.29, 0.717) is 6.54 Å². The Balaban J connectivity index is 2.50. The molecule has 0 bridgehead atoms.